The number of ether oxygens (including phenoxy) is 2. The van der Waals surface area contributed by atoms with Gasteiger partial charge in [0.05, 0.1) is 20.3 Å². The van der Waals surface area contributed by atoms with Gasteiger partial charge in [-0.2, -0.15) is 0 Å². The molecule has 2 amide bonds. The molecule has 0 radical (unpaired) electrons. The number of nitrogens with zero attached hydrogens (tertiary/aromatic N) is 1. The molecule has 1 heterocycles. The van der Waals surface area contributed by atoms with Crippen LogP contribution >= 0.6 is 0 Å². The van der Waals surface area contributed by atoms with E-state index in [1.165, 1.54) is 14.2 Å². The molecule has 110 valence electrons. The summed E-state index contributed by atoms with van der Waals surface area (Å²) in [7, 11) is 2.64. The van der Waals surface area contributed by atoms with Crippen molar-refractivity contribution in [2.24, 2.45) is 5.92 Å². The molecule has 0 aromatic heterocycles. The van der Waals surface area contributed by atoms with Crippen molar-refractivity contribution >= 4 is 12.2 Å². The molecule has 2 unspecified atom stereocenters. The molecule has 1 fully saturated rings. The van der Waals surface area contributed by atoms with E-state index in [1.807, 2.05) is 0 Å². The van der Waals surface area contributed by atoms with Gasteiger partial charge in [-0.05, 0) is 25.2 Å². The third-order valence-corrected chi connectivity index (χ3v) is 3.25. The van der Waals surface area contributed by atoms with Gasteiger partial charge in [0.15, 0.2) is 0 Å². The molecule has 1 aliphatic rings. The molecule has 7 heteroatoms. The van der Waals surface area contributed by atoms with Gasteiger partial charge in [-0.25, -0.2) is 9.59 Å². The van der Waals surface area contributed by atoms with Crippen LogP contribution in [0.25, 0.3) is 0 Å². The number of rotatable bonds is 4. The minimum atomic E-state index is -0.502. The van der Waals surface area contributed by atoms with Gasteiger partial charge >= 0.3 is 12.2 Å². The molecule has 0 bridgehead atoms. The highest BCUT2D eigenvalue weighted by Crippen LogP contribution is 2.22. The van der Waals surface area contributed by atoms with Crippen LogP contribution < -0.4 is 5.32 Å². The maximum atomic E-state index is 11.6. The Morgan fingerprint density at radius 3 is 2.63 bits per heavy atom. The first-order valence-corrected chi connectivity index (χ1v) is 6.39. The Morgan fingerprint density at radius 1 is 1.32 bits per heavy atom. The Morgan fingerprint density at radius 2 is 2.05 bits per heavy atom. The van der Waals surface area contributed by atoms with E-state index in [4.69, 9.17) is 9.84 Å². The molecule has 7 nitrogen and oxygen atoms in total. The lowest BCUT2D eigenvalue weighted by atomic mass is 9.90. The number of amides is 2. The van der Waals surface area contributed by atoms with Crippen LogP contribution in [-0.2, 0) is 9.47 Å². The number of aliphatic hydroxyl groups is 1. The van der Waals surface area contributed by atoms with E-state index >= 15 is 0 Å². The second-order valence-corrected chi connectivity index (χ2v) is 4.68. The highest BCUT2D eigenvalue weighted by atomic mass is 16.5. The molecule has 0 aliphatic carbocycles. The van der Waals surface area contributed by atoms with E-state index in [0.717, 1.165) is 12.8 Å². The monoisotopic (exact) mass is 274 g/mol. The fraction of sp³-hybridized carbons (Fsp3) is 0.833. The van der Waals surface area contributed by atoms with Crippen molar-refractivity contribution in [1.82, 2.24) is 10.2 Å². The van der Waals surface area contributed by atoms with Gasteiger partial charge in [-0.3, -0.25) is 0 Å². The average Bonchev–Trinajstić information content (AvgIpc) is 2.43. The number of nitrogens with one attached hydrogen (secondary N) is 1. The van der Waals surface area contributed by atoms with Gasteiger partial charge in [-0.15, -0.1) is 0 Å². The molecule has 0 saturated carbocycles. The molecular weight excluding hydrogens is 252 g/mol. The molecule has 0 aromatic carbocycles. The number of alkyl carbamates (subject to hydrolysis) is 1. The van der Waals surface area contributed by atoms with E-state index in [1.54, 1.807) is 4.90 Å². The summed E-state index contributed by atoms with van der Waals surface area (Å²) in [5.41, 5.74) is 0. The zero-order chi connectivity index (χ0) is 14.3. The van der Waals surface area contributed by atoms with Crippen LogP contribution in [0.3, 0.4) is 0 Å². The summed E-state index contributed by atoms with van der Waals surface area (Å²) in [4.78, 5) is 24.4. The fourth-order valence-electron chi connectivity index (χ4n) is 2.40. The Bertz CT molecular complexity index is 310. The van der Waals surface area contributed by atoms with E-state index in [0.29, 0.717) is 19.5 Å². The van der Waals surface area contributed by atoms with Crippen LogP contribution in [0.2, 0.25) is 0 Å². The van der Waals surface area contributed by atoms with Crippen molar-refractivity contribution in [3.63, 3.8) is 0 Å². The molecular formula is C12H22N2O5. The minimum absolute atomic E-state index is 0.129. The minimum Gasteiger partial charge on any atom is -0.453 e. The van der Waals surface area contributed by atoms with Gasteiger partial charge < -0.3 is 24.8 Å². The second kappa shape index (κ2) is 7.83. The summed E-state index contributed by atoms with van der Waals surface area (Å²) in [5, 5.41) is 11.6. The maximum Gasteiger partial charge on any atom is 0.409 e. The lowest BCUT2D eigenvalue weighted by Crippen LogP contribution is -2.52. The first-order chi connectivity index (χ1) is 9.10. The predicted molar refractivity (Wildman–Crippen MR) is 67.7 cm³/mol. The van der Waals surface area contributed by atoms with Crippen LogP contribution in [0.4, 0.5) is 9.59 Å². The van der Waals surface area contributed by atoms with Gasteiger partial charge in [0.2, 0.25) is 0 Å². The maximum absolute atomic E-state index is 11.6. The molecule has 2 N–H and O–H groups in total. The first kappa shape index (κ1) is 15.6. The normalized spacial score (nSPS) is 22.8. The molecule has 2 atom stereocenters. The third-order valence-electron chi connectivity index (χ3n) is 3.25. The number of hydrogen-bond donors (Lipinski definition) is 2. The lowest BCUT2D eigenvalue weighted by molar-refractivity contribution is 0.0850. The molecule has 1 aliphatic heterocycles. The summed E-state index contributed by atoms with van der Waals surface area (Å²) in [6.07, 6.45) is 1.36. The van der Waals surface area contributed by atoms with Crippen molar-refractivity contribution in [3.8, 4) is 0 Å². The number of carbonyl (C=O) groups is 2. The van der Waals surface area contributed by atoms with Crippen LogP contribution in [0.5, 0.6) is 0 Å². The highest BCUT2D eigenvalue weighted by Gasteiger charge is 2.31. The van der Waals surface area contributed by atoms with Crippen LogP contribution in [0.15, 0.2) is 0 Å². The summed E-state index contributed by atoms with van der Waals surface area (Å²) in [5.74, 6) is 0.238. The summed E-state index contributed by atoms with van der Waals surface area (Å²) < 4.78 is 9.28. The van der Waals surface area contributed by atoms with E-state index in [-0.39, 0.29) is 18.6 Å². The summed E-state index contributed by atoms with van der Waals surface area (Å²) in [6, 6.07) is -0.149. The largest absolute Gasteiger partial charge is 0.453 e. The smallest absolute Gasteiger partial charge is 0.409 e. The standard InChI is InChI=1S/C12H22N2O5/c1-18-11(16)13-10-6-9(4-3-5-15)7-14(8-10)12(17)19-2/h9-10,15H,3-8H2,1-2H3,(H,13,16). The Kier molecular flexibility index (Phi) is 6.41. The van der Waals surface area contributed by atoms with Crippen LogP contribution in [0.1, 0.15) is 19.3 Å². The molecule has 1 rings (SSSR count). The molecule has 0 spiro atoms. The summed E-state index contributed by atoms with van der Waals surface area (Å²) >= 11 is 0. The van der Waals surface area contributed by atoms with Gasteiger partial charge in [0, 0.05) is 19.7 Å². The van der Waals surface area contributed by atoms with Gasteiger partial charge in [0.25, 0.3) is 0 Å². The predicted octanol–water partition coefficient (Wildman–Crippen LogP) is 0.572. The van der Waals surface area contributed by atoms with Crippen molar-refractivity contribution in [1.29, 1.82) is 0 Å². The number of hydrogen-bond acceptors (Lipinski definition) is 5. The number of piperidine rings is 1. The average molecular weight is 274 g/mol. The van der Waals surface area contributed by atoms with Gasteiger partial charge in [0.1, 0.15) is 0 Å². The van der Waals surface area contributed by atoms with E-state index < -0.39 is 12.2 Å². The van der Waals surface area contributed by atoms with Crippen molar-refractivity contribution in [2.75, 3.05) is 33.9 Å². The third kappa shape index (κ3) is 4.94. The van der Waals surface area contributed by atoms with Gasteiger partial charge in [-0.1, -0.05) is 0 Å². The molecule has 0 aromatic rings. The topological polar surface area (TPSA) is 88.1 Å². The number of methoxy groups -OCH3 is 2. The number of likely N-dealkylation sites (tertiary alicyclic amines) is 1. The van der Waals surface area contributed by atoms with Crippen molar-refractivity contribution in [2.45, 2.75) is 25.3 Å². The quantitative estimate of drug-likeness (QED) is 0.782. The van der Waals surface area contributed by atoms with Crippen molar-refractivity contribution < 1.29 is 24.2 Å². The Labute approximate surface area is 112 Å². The second-order valence-electron chi connectivity index (χ2n) is 4.68. The number of carbonyl (C=O) groups excluding carboxylic acids is 2. The van der Waals surface area contributed by atoms with Crippen LogP contribution in [0, 0.1) is 5.92 Å². The summed E-state index contributed by atoms with van der Waals surface area (Å²) in [6.45, 7) is 1.13. The fourth-order valence-corrected chi connectivity index (χ4v) is 2.40. The Hall–Kier alpha value is -1.50. The lowest BCUT2D eigenvalue weighted by Gasteiger charge is -2.37. The molecule has 1 saturated heterocycles. The highest BCUT2D eigenvalue weighted by molar-refractivity contribution is 5.69. The van der Waals surface area contributed by atoms with E-state index in [9.17, 15) is 9.59 Å². The molecule has 19 heavy (non-hydrogen) atoms. The zero-order valence-corrected chi connectivity index (χ0v) is 11.4. The Balaban J connectivity index is 2.60. The zero-order valence-electron chi connectivity index (χ0n) is 11.4. The SMILES string of the molecule is COC(=O)NC1CC(CCCO)CN(C(=O)OC)C1. The van der Waals surface area contributed by atoms with Crippen molar-refractivity contribution in [3.05, 3.63) is 0 Å². The number of aliphatic hydroxyl groups excluding tert-OH is 1. The van der Waals surface area contributed by atoms with E-state index in [2.05, 4.69) is 10.1 Å². The first-order valence-electron chi connectivity index (χ1n) is 6.39. The van der Waals surface area contributed by atoms with Crippen LogP contribution in [-0.4, -0.2) is 62.2 Å².